The summed E-state index contributed by atoms with van der Waals surface area (Å²) in [6, 6.07) is 0. The van der Waals surface area contributed by atoms with Crippen LogP contribution in [0.4, 0.5) is 4.39 Å². The van der Waals surface area contributed by atoms with Gasteiger partial charge in [-0.2, -0.15) is 0 Å². The number of fused-ring (bicyclic) bond motifs is 5. The fraction of sp³-hybridized carbons (Fsp3) is 0.857. The molecule has 3 fully saturated rings. The van der Waals surface area contributed by atoms with Gasteiger partial charge in [0.25, 0.3) is 0 Å². The highest BCUT2D eigenvalue weighted by atomic mass is 19.1. The third-order valence-electron chi connectivity index (χ3n) is 8.24. The van der Waals surface area contributed by atoms with Crippen LogP contribution in [0.3, 0.4) is 0 Å². The molecule has 0 spiro atoms. The van der Waals surface area contributed by atoms with Gasteiger partial charge in [-0.1, -0.05) is 18.6 Å². The van der Waals surface area contributed by atoms with Crippen LogP contribution in [0.5, 0.6) is 0 Å². The lowest BCUT2D eigenvalue weighted by Crippen LogP contribution is -2.47. The van der Waals surface area contributed by atoms with E-state index in [-0.39, 0.29) is 18.0 Å². The number of hydrogen-bond donors (Lipinski definition) is 0. The number of allylic oxidation sites excluding steroid dienone is 2. The molecule has 23 heavy (non-hydrogen) atoms. The van der Waals surface area contributed by atoms with Crippen molar-refractivity contribution in [1.82, 2.24) is 0 Å². The molecule has 7 unspecified atom stereocenters. The van der Waals surface area contributed by atoms with Gasteiger partial charge < -0.3 is 0 Å². The maximum absolute atomic E-state index is 13.0. The third kappa shape index (κ3) is 2.35. The largest absolute Gasteiger partial charge is 0.300 e. The monoisotopic (exact) mass is 318 g/mol. The van der Waals surface area contributed by atoms with Crippen LogP contribution in [-0.2, 0) is 4.79 Å². The highest BCUT2D eigenvalue weighted by molar-refractivity contribution is 5.79. The molecular weight excluding hydrogens is 287 g/mol. The van der Waals surface area contributed by atoms with Gasteiger partial charge in [-0.25, -0.2) is 0 Å². The van der Waals surface area contributed by atoms with Crippen LogP contribution in [0.2, 0.25) is 0 Å². The Bertz CT molecular complexity index is 524. The maximum atomic E-state index is 13.0. The molecule has 2 heteroatoms. The molecule has 0 saturated heterocycles. The van der Waals surface area contributed by atoms with Crippen molar-refractivity contribution in [3.8, 4) is 0 Å². The van der Waals surface area contributed by atoms with Crippen molar-refractivity contribution in [2.75, 3.05) is 6.67 Å². The van der Waals surface area contributed by atoms with Crippen LogP contribution in [0.1, 0.15) is 65.2 Å². The van der Waals surface area contributed by atoms with E-state index in [1.54, 1.807) is 5.57 Å². The second kappa shape index (κ2) is 5.70. The molecule has 0 aromatic heterocycles. The molecule has 3 saturated carbocycles. The summed E-state index contributed by atoms with van der Waals surface area (Å²) in [6.07, 6.45) is 12.0. The SMILES string of the molecule is CC(=O)C1CCC2C3CCC4=CC(CF)CCC4C3CCC12C. The Labute approximate surface area is 140 Å². The van der Waals surface area contributed by atoms with E-state index in [4.69, 9.17) is 0 Å². The molecule has 0 amide bonds. The fourth-order valence-corrected chi connectivity index (χ4v) is 7.20. The molecule has 0 aliphatic heterocycles. The van der Waals surface area contributed by atoms with Crippen molar-refractivity contribution < 1.29 is 9.18 Å². The summed E-state index contributed by atoms with van der Waals surface area (Å²) in [4.78, 5) is 12.1. The summed E-state index contributed by atoms with van der Waals surface area (Å²) in [6.45, 7) is 4.05. The van der Waals surface area contributed by atoms with E-state index >= 15 is 0 Å². The summed E-state index contributed by atoms with van der Waals surface area (Å²) < 4.78 is 13.0. The van der Waals surface area contributed by atoms with E-state index in [1.165, 1.54) is 38.5 Å². The molecule has 0 N–H and O–H groups in total. The molecular formula is C21H31FO. The van der Waals surface area contributed by atoms with Crippen molar-refractivity contribution in [1.29, 1.82) is 0 Å². The minimum atomic E-state index is -0.175. The second-order valence-corrected chi connectivity index (χ2v) is 9.10. The number of alkyl halides is 1. The Hall–Kier alpha value is -0.660. The summed E-state index contributed by atoms with van der Waals surface area (Å²) in [7, 11) is 0. The minimum Gasteiger partial charge on any atom is -0.300 e. The average molecular weight is 318 g/mol. The molecule has 0 aromatic carbocycles. The summed E-state index contributed by atoms with van der Waals surface area (Å²) in [5.41, 5.74) is 1.86. The number of carbonyl (C=O) groups is 1. The standard InChI is InChI=1S/C21H31FO/c1-13(23)19-7-8-20-18-6-4-15-11-14(12-22)3-5-16(15)17(18)9-10-21(19,20)2/h11,14,16-20H,3-10,12H2,1-2H3. The van der Waals surface area contributed by atoms with E-state index < -0.39 is 0 Å². The number of rotatable bonds is 2. The molecule has 0 radical (unpaired) electrons. The van der Waals surface area contributed by atoms with Crippen molar-refractivity contribution in [2.24, 2.45) is 40.9 Å². The normalized spacial score (nSPS) is 48.9. The summed E-state index contributed by atoms with van der Waals surface area (Å²) in [5.74, 6) is 4.07. The zero-order chi connectivity index (χ0) is 16.2. The van der Waals surface area contributed by atoms with E-state index in [0.717, 1.165) is 36.5 Å². The Morgan fingerprint density at radius 1 is 1.17 bits per heavy atom. The lowest BCUT2D eigenvalue weighted by atomic mass is 9.51. The first-order valence-electron chi connectivity index (χ1n) is 9.81. The molecule has 4 aliphatic rings. The van der Waals surface area contributed by atoms with Crippen LogP contribution < -0.4 is 0 Å². The minimum absolute atomic E-state index is 0.175. The predicted molar refractivity (Wildman–Crippen MR) is 90.7 cm³/mol. The first kappa shape index (κ1) is 15.8. The van der Waals surface area contributed by atoms with E-state index in [2.05, 4.69) is 13.0 Å². The van der Waals surface area contributed by atoms with Crippen molar-refractivity contribution in [3.63, 3.8) is 0 Å². The van der Waals surface area contributed by atoms with Gasteiger partial charge in [0.05, 0.1) is 6.67 Å². The average Bonchev–Trinajstić information content (AvgIpc) is 2.91. The van der Waals surface area contributed by atoms with E-state index in [0.29, 0.717) is 11.7 Å². The van der Waals surface area contributed by atoms with Crippen LogP contribution in [0, 0.1) is 40.9 Å². The number of halogens is 1. The van der Waals surface area contributed by atoms with Crippen molar-refractivity contribution >= 4 is 5.78 Å². The topological polar surface area (TPSA) is 17.1 Å². The van der Waals surface area contributed by atoms with Gasteiger partial charge in [0.1, 0.15) is 5.78 Å². The van der Waals surface area contributed by atoms with Crippen molar-refractivity contribution in [3.05, 3.63) is 11.6 Å². The molecule has 4 aliphatic carbocycles. The fourth-order valence-electron chi connectivity index (χ4n) is 7.20. The van der Waals surface area contributed by atoms with Crippen LogP contribution in [0.15, 0.2) is 11.6 Å². The second-order valence-electron chi connectivity index (χ2n) is 9.10. The first-order valence-corrected chi connectivity index (χ1v) is 9.81. The Morgan fingerprint density at radius 3 is 2.74 bits per heavy atom. The molecule has 0 heterocycles. The lowest BCUT2D eigenvalue weighted by molar-refractivity contribution is -0.126. The Morgan fingerprint density at radius 2 is 2.00 bits per heavy atom. The van der Waals surface area contributed by atoms with Gasteiger partial charge in [-0.15, -0.1) is 0 Å². The van der Waals surface area contributed by atoms with Crippen LogP contribution in [-0.4, -0.2) is 12.5 Å². The summed E-state index contributed by atoms with van der Waals surface area (Å²) >= 11 is 0. The Balaban J connectivity index is 1.58. The van der Waals surface area contributed by atoms with Crippen LogP contribution >= 0.6 is 0 Å². The smallest absolute Gasteiger partial charge is 0.133 e. The van der Waals surface area contributed by atoms with Gasteiger partial charge in [0.2, 0.25) is 0 Å². The zero-order valence-corrected chi connectivity index (χ0v) is 14.7. The molecule has 128 valence electrons. The van der Waals surface area contributed by atoms with Gasteiger partial charge in [0.15, 0.2) is 0 Å². The van der Waals surface area contributed by atoms with Gasteiger partial charge in [0, 0.05) is 11.8 Å². The molecule has 4 rings (SSSR count). The number of hydrogen-bond acceptors (Lipinski definition) is 1. The number of ketones is 1. The first-order chi connectivity index (χ1) is 11.0. The van der Waals surface area contributed by atoms with E-state index in [9.17, 15) is 9.18 Å². The highest BCUT2D eigenvalue weighted by Gasteiger charge is 2.57. The quantitative estimate of drug-likeness (QED) is 0.627. The van der Waals surface area contributed by atoms with Gasteiger partial charge >= 0.3 is 0 Å². The molecule has 7 atom stereocenters. The van der Waals surface area contributed by atoms with Crippen LogP contribution in [0.25, 0.3) is 0 Å². The highest BCUT2D eigenvalue weighted by Crippen LogP contribution is 2.63. The number of carbonyl (C=O) groups excluding carboxylic acids is 1. The third-order valence-corrected chi connectivity index (χ3v) is 8.24. The van der Waals surface area contributed by atoms with E-state index in [1.807, 2.05) is 6.92 Å². The maximum Gasteiger partial charge on any atom is 0.133 e. The molecule has 0 aromatic rings. The van der Waals surface area contributed by atoms with Crippen molar-refractivity contribution in [2.45, 2.75) is 65.2 Å². The van der Waals surface area contributed by atoms with Gasteiger partial charge in [-0.3, -0.25) is 9.18 Å². The lowest BCUT2D eigenvalue weighted by Gasteiger charge is -2.54. The molecule has 1 nitrogen and oxygen atoms in total. The number of Topliss-reactive ketones (excluding diaryl/α,β-unsaturated/α-hetero) is 1. The summed E-state index contributed by atoms with van der Waals surface area (Å²) in [5, 5.41) is 0. The Kier molecular flexibility index (Phi) is 3.93. The predicted octanol–water partition coefficient (Wildman–Crippen LogP) is 5.35. The molecule has 0 bridgehead atoms. The van der Waals surface area contributed by atoms with Gasteiger partial charge in [-0.05, 0) is 87.4 Å². The zero-order valence-electron chi connectivity index (χ0n) is 14.7.